The molecule has 0 aliphatic heterocycles. The Hall–Kier alpha value is -2.33. The Labute approximate surface area is 140 Å². The van der Waals surface area contributed by atoms with Crippen molar-refractivity contribution in [3.05, 3.63) is 64.2 Å². The Morgan fingerprint density at radius 2 is 1.74 bits per heavy atom. The third-order valence-corrected chi connectivity index (χ3v) is 3.66. The van der Waals surface area contributed by atoms with Crippen molar-refractivity contribution in [2.75, 3.05) is 11.9 Å². The highest BCUT2D eigenvalue weighted by atomic mass is 35.5. The lowest BCUT2D eigenvalue weighted by atomic mass is 10.1. The van der Waals surface area contributed by atoms with E-state index < -0.39 is 0 Å². The first kappa shape index (κ1) is 17.0. The first-order valence-electron chi connectivity index (χ1n) is 7.36. The van der Waals surface area contributed by atoms with Gasteiger partial charge in [0.15, 0.2) is 0 Å². The predicted octanol–water partition coefficient (Wildman–Crippen LogP) is 3.72. The molecule has 0 spiro atoms. The van der Waals surface area contributed by atoms with Crippen molar-refractivity contribution < 1.29 is 9.59 Å². The second-order valence-corrected chi connectivity index (χ2v) is 5.82. The number of anilines is 1. The van der Waals surface area contributed by atoms with E-state index in [9.17, 15) is 9.59 Å². The summed E-state index contributed by atoms with van der Waals surface area (Å²) in [5, 5.41) is 6.16. The molecule has 0 heterocycles. The van der Waals surface area contributed by atoms with Crippen molar-refractivity contribution in [3.8, 4) is 0 Å². The van der Waals surface area contributed by atoms with E-state index in [0.717, 1.165) is 16.8 Å². The molecule has 4 nitrogen and oxygen atoms in total. The van der Waals surface area contributed by atoms with Crippen molar-refractivity contribution >= 4 is 29.1 Å². The molecule has 0 unspecified atom stereocenters. The van der Waals surface area contributed by atoms with E-state index in [2.05, 4.69) is 10.6 Å². The van der Waals surface area contributed by atoms with E-state index >= 15 is 0 Å². The maximum Gasteiger partial charge on any atom is 0.251 e. The van der Waals surface area contributed by atoms with Crippen molar-refractivity contribution in [2.24, 2.45) is 0 Å². The maximum atomic E-state index is 12.0. The predicted molar refractivity (Wildman–Crippen MR) is 92.9 cm³/mol. The molecule has 0 bridgehead atoms. The van der Waals surface area contributed by atoms with Crippen LogP contribution < -0.4 is 10.6 Å². The Morgan fingerprint density at radius 3 is 2.43 bits per heavy atom. The van der Waals surface area contributed by atoms with E-state index in [1.165, 1.54) is 0 Å². The van der Waals surface area contributed by atoms with E-state index in [0.29, 0.717) is 10.6 Å². The number of hydrogen-bond acceptors (Lipinski definition) is 2. The zero-order valence-corrected chi connectivity index (χ0v) is 13.9. The van der Waals surface area contributed by atoms with Crippen LogP contribution in [0, 0.1) is 13.8 Å². The quantitative estimate of drug-likeness (QED) is 0.878. The zero-order valence-electron chi connectivity index (χ0n) is 13.2. The smallest absolute Gasteiger partial charge is 0.251 e. The van der Waals surface area contributed by atoms with Crippen LogP contribution in [0.5, 0.6) is 0 Å². The average Bonchev–Trinajstić information content (AvgIpc) is 2.51. The molecule has 0 radical (unpaired) electrons. The van der Waals surface area contributed by atoms with Crippen LogP contribution in [-0.4, -0.2) is 18.4 Å². The lowest BCUT2D eigenvalue weighted by molar-refractivity contribution is -0.116. The molecule has 2 N–H and O–H groups in total. The fourth-order valence-electron chi connectivity index (χ4n) is 2.08. The molecule has 5 heteroatoms. The maximum absolute atomic E-state index is 12.0. The van der Waals surface area contributed by atoms with Crippen LogP contribution in [0.25, 0.3) is 0 Å². The highest BCUT2D eigenvalue weighted by molar-refractivity contribution is 6.30. The summed E-state index contributed by atoms with van der Waals surface area (Å²) in [7, 11) is 0. The molecule has 2 amide bonds. The number of hydrogen-bond donors (Lipinski definition) is 2. The topological polar surface area (TPSA) is 58.2 Å². The monoisotopic (exact) mass is 330 g/mol. The van der Waals surface area contributed by atoms with Gasteiger partial charge in [-0.25, -0.2) is 0 Å². The molecule has 0 aliphatic rings. The van der Waals surface area contributed by atoms with Crippen LogP contribution in [0.2, 0.25) is 5.02 Å². The summed E-state index contributed by atoms with van der Waals surface area (Å²) < 4.78 is 0. The van der Waals surface area contributed by atoms with Gasteiger partial charge in [0.25, 0.3) is 5.91 Å². The largest absolute Gasteiger partial charge is 0.352 e. The highest BCUT2D eigenvalue weighted by Gasteiger charge is 2.08. The van der Waals surface area contributed by atoms with Crippen molar-refractivity contribution in [1.29, 1.82) is 0 Å². The van der Waals surface area contributed by atoms with E-state index in [1.807, 2.05) is 32.0 Å². The molecule has 2 aromatic rings. The molecule has 2 rings (SSSR count). The van der Waals surface area contributed by atoms with Crippen molar-refractivity contribution in [3.63, 3.8) is 0 Å². The number of amides is 2. The fraction of sp³-hybridized carbons (Fsp3) is 0.222. The van der Waals surface area contributed by atoms with Gasteiger partial charge in [0.1, 0.15) is 0 Å². The van der Waals surface area contributed by atoms with Crippen LogP contribution in [0.3, 0.4) is 0 Å². The molecule has 120 valence electrons. The van der Waals surface area contributed by atoms with Crippen LogP contribution in [0.4, 0.5) is 5.69 Å². The van der Waals surface area contributed by atoms with Gasteiger partial charge in [0.2, 0.25) is 5.91 Å². The zero-order chi connectivity index (χ0) is 16.8. The minimum atomic E-state index is -0.221. The Balaban J connectivity index is 1.81. The average molecular weight is 331 g/mol. The van der Waals surface area contributed by atoms with Gasteiger partial charge >= 0.3 is 0 Å². The van der Waals surface area contributed by atoms with Crippen LogP contribution in [-0.2, 0) is 4.79 Å². The van der Waals surface area contributed by atoms with Gasteiger partial charge in [-0.2, -0.15) is 0 Å². The van der Waals surface area contributed by atoms with Crippen LogP contribution in [0.15, 0.2) is 42.5 Å². The summed E-state index contributed by atoms with van der Waals surface area (Å²) in [5.41, 5.74) is 3.42. The van der Waals surface area contributed by atoms with Gasteiger partial charge in [-0.3, -0.25) is 9.59 Å². The summed E-state index contributed by atoms with van der Waals surface area (Å²) in [5.74, 6) is -0.351. The normalized spacial score (nSPS) is 10.2. The van der Waals surface area contributed by atoms with Crippen molar-refractivity contribution in [2.45, 2.75) is 20.3 Å². The molecule has 23 heavy (non-hydrogen) atoms. The fourth-order valence-corrected chi connectivity index (χ4v) is 2.20. The highest BCUT2D eigenvalue weighted by Crippen LogP contribution is 2.16. The van der Waals surface area contributed by atoms with Gasteiger partial charge < -0.3 is 10.6 Å². The number of carbonyl (C=O) groups is 2. The second-order valence-electron chi connectivity index (χ2n) is 5.38. The summed E-state index contributed by atoms with van der Waals surface area (Å²) in [4.78, 5) is 23.9. The van der Waals surface area contributed by atoms with Gasteiger partial charge in [0.05, 0.1) is 0 Å². The van der Waals surface area contributed by atoms with E-state index in [4.69, 9.17) is 11.6 Å². The van der Waals surface area contributed by atoms with Gasteiger partial charge in [-0.05, 0) is 55.3 Å². The lowest BCUT2D eigenvalue weighted by Crippen LogP contribution is -2.27. The molecule has 0 saturated heterocycles. The third-order valence-electron chi connectivity index (χ3n) is 3.41. The SMILES string of the molecule is Cc1ccc(C)c(NC(=O)CCNC(=O)c2ccc(Cl)cc2)c1. The Bertz CT molecular complexity index is 711. The minimum absolute atomic E-state index is 0.130. The number of halogens is 1. The number of benzene rings is 2. The number of nitrogens with one attached hydrogen (secondary N) is 2. The third kappa shape index (κ3) is 5.11. The Morgan fingerprint density at radius 1 is 1.04 bits per heavy atom. The van der Waals surface area contributed by atoms with Crippen molar-refractivity contribution in [1.82, 2.24) is 5.32 Å². The first-order valence-corrected chi connectivity index (χ1v) is 7.74. The number of carbonyl (C=O) groups excluding carboxylic acids is 2. The number of rotatable bonds is 5. The summed E-state index contributed by atoms with van der Waals surface area (Å²) in [6.07, 6.45) is 0.215. The molecule has 0 atom stereocenters. The molecule has 0 fully saturated rings. The minimum Gasteiger partial charge on any atom is -0.352 e. The molecule has 0 saturated carbocycles. The van der Waals surface area contributed by atoms with Crippen LogP contribution >= 0.6 is 11.6 Å². The standard InChI is InChI=1S/C18H19ClN2O2/c1-12-3-4-13(2)16(11-12)21-17(22)9-10-20-18(23)14-5-7-15(19)8-6-14/h3-8,11H,9-10H2,1-2H3,(H,20,23)(H,21,22). The first-order chi connectivity index (χ1) is 11.0. The van der Waals surface area contributed by atoms with Crippen LogP contribution in [0.1, 0.15) is 27.9 Å². The number of aryl methyl sites for hydroxylation is 2. The molecular weight excluding hydrogens is 312 g/mol. The summed E-state index contributed by atoms with van der Waals surface area (Å²) >= 11 is 5.78. The van der Waals surface area contributed by atoms with E-state index in [1.54, 1.807) is 24.3 Å². The van der Waals surface area contributed by atoms with E-state index in [-0.39, 0.29) is 24.8 Å². The molecule has 0 aromatic heterocycles. The summed E-state index contributed by atoms with van der Waals surface area (Å²) in [6.45, 7) is 4.19. The Kier molecular flexibility index (Phi) is 5.77. The van der Waals surface area contributed by atoms with Gasteiger partial charge in [-0.15, -0.1) is 0 Å². The molecule has 0 aliphatic carbocycles. The lowest BCUT2D eigenvalue weighted by Gasteiger charge is -2.10. The van der Waals surface area contributed by atoms with Gasteiger partial charge in [0, 0.05) is 29.2 Å². The molecule has 2 aromatic carbocycles. The second kappa shape index (κ2) is 7.79. The van der Waals surface area contributed by atoms with Gasteiger partial charge in [-0.1, -0.05) is 23.7 Å². The molecular formula is C18H19ClN2O2. The summed E-state index contributed by atoms with van der Waals surface area (Å²) in [6, 6.07) is 12.5.